The zero-order chi connectivity index (χ0) is 11.1. The predicted octanol–water partition coefficient (Wildman–Crippen LogP) is 2.57. The first-order chi connectivity index (χ1) is 7.20. The van der Waals surface area contributed by atoms with Crippen molar-refractivity contribution in [2.75, 3.05) is 0 Å². The van der Waals surface area contributed by atoms with Gasteiger partial charge in [-0.1, -0.05) is 51.4 Å². The van der Waals surface area contributed by atoms with Crippen LogP contribution in [0.5, 0.6) is 0 Å². The van der Waals surface area contributed by atoms with Crippen molar-refractivity contribution >= 4 is 5.97 Å². The van der Waals surface area contributed by atoms with Crippen LogP contribution in [-0.2, 0) is 4.79 Å². The number of unbranched alkanes of at least 4 members (excludes halogenated alkanes) is 1. The highest BCUT2D eigenvalue weighted by molar-refractivity contribution is 5.71. The largest absolute Gasteiger partial charge is 0.479 e. The minimum Gasteiger partial charge on any atom is -0.479 e. The molecule has 1 fully saturated rings. The number of hydrogen-bond donors (Lipinski definition) is 2. The average molecular weight is 214 g/mol. The molecule has 0 saturated heterocycles. The van der Waals surface area contributed by atoms with Crippen LogP contribution in [0.4, 0.5) is 0 Å². The van der Waals surface area contributed by atoms with Crippen molar-refractivity contribution in [2.45, 2.75) is 63.9 Å². The summed E-state index contributed by atoms with van der Waals surface area (Å²) >= 11 is 0. The number of aliphatic carboxylic acids is 1. The Morgan fingerprint density at radius 2 is 1.87 bits per heavy atom. The van der Waals surface area contributed by atoms with Crippen molar-refractivity contribution in [1.29, 1.82) is 0 Å². The van der Waals surface area contributed by atoms with Gasteiger partial charge >= 0.3 is 5.97 Å². The highest BCUT2D eigenvalue weighted by Crippen LogP contribution is 2.27. The lowest BCUT2D eigenvalue weighted by molar-refractivity contribution is -0.146. The minimum atomic E-state index is -1.16. The smallest absolute Gasteiger partial charge is 0.332 e. The van der Waals surface area contributed by atoms with Gasteiger partial charge in [-0.05, 0) is 12.3 Å². The monoisotopic (exact) mass is 214 g/mol. The third-order valence-corrected chi connectivity index (χ3v) is 3.35. The highest BCUT2D eigenvalue weighted by Gasteiger charge is 2.15. The lowest BCUT2D eigenvalue weighted by Gasteiger charge is -2.21. The van der Waals surface area contributed by atoms with Crippen molar-refractivity contribution in [2.24, 2.45) is 5.92 Å². The van der Waals surface area contributed by atoms with Gasteiger partial charge in [-0.3, -0.25) is 0 Å². The molecule has 1 aliphatic carbocycles. The first-order valence-electron chi connectivity index (χ1n) is 6.11. The lowest BCUT2D eigenvalue weighted by atomic mass is 9.85. The molecule has 88 valence electrons. The summed E-state index contributed by atoms with van der Waals surface area (Å²) in [5.74, 6) is -0.228. The summed E-state index contributed by atoms with van der Waals surface area (Å²) in [6.07, 6.45) is 9.17. The fourth-order valence-corrected chi connectivity index (χ4v) is 2.37. The molecular weight excluding hydrogens is 192 g/mol. The zero-order valence-corrected chi connectivity index (χ0v) is 9.32. The fourth-order valence-electron chi connectivity index (χ4n) is 2.37. The lowest BCUT2D eigenvalue weighted by Crippen LogP contribution is -2.19. The van der Waals surface area contributed by atoms with E-state index in [0.29, 0.717) is 6.42 Å². The normalized spacial score (nSPS) is 20.1. The van der Waals surface area contributed by atoms with Crippen molar-refractivity contribution in [3.63, 3.8) is 0 Å². The van der Waals surface area contributed by atoms with Gasteiger partial charge in [0.25, 0.3) is 0 Å². The molecule has 3 nitrogen and oxygen atoms in total. The SMILES string of the molecule is O=C(O)C(O)CCCCC1CCCCC1. The van der Waals surface area contributed by atoms with Gasteiger partial charge in [-0.15, -0.1) is 0 Å². The molecule has 0 aromatic heterocycles. The van der Waals surface area contributed by atoms with Crippen molar-refractivity contribution < 1.29 is 15.0 Å². The average Bonchev–Trinajstić information content (AvgIpc) is 2.25. The molecule has 1 unspecified atom stereocenters. The Hall–Kier alpha value is -0.570. The Morgan fingerprint density at radius 1 is 1.20 bits per heavy atom. The third kappa shape index (κ3) is 5.17. The van der Waals surface area contributed by atoms with Crippen molar-refractivity contribution in [1.82, 2.24) is 0 Å². The topological polar surface area (TPSA) is 57.5 Å². The maximum Gasteiger partial charge on any atom is 0.332 e. The Kier molecular flexibility index (Phi) is 5.69. The number of carbonyl (C=O) groups is 1. The summed E-state index contributed by atoms with van der Waals surface area (Å²) in [7, 11) is 0. The van der Waals surface area contributed by atoms with Gasteiger partial charge in [-0.2, -0.15) is 0 Å². The summed E-state index contributed by atoms with van der Waals surface area (Å²) in [6.45, 7) is 0. The Balaban J connectivity index is 1.98. The van der Waals surface area contributed by atoms with Crippen LogP contribution in [0.3, 0.4) is 0 Å². The Bertz CT molecular complexity index is 185. The van der Waals surface area contributed by atoms with E-state index in [1.165, 1.54) is 38.5 Å². The predicted molar refractivity (Wildman–Crippen MR) is 58.7 cm³/mol. The third-order valence-electron chi connectivity index (χ3n) is 3.35. The molecule has 3 heteroatoms. The second-order valence-electron chi connectivity index (χ2n) is 4.64. The van der Waals surface area contributed by atoms with Crippen LogP contribution in [0.25, 0.3) is 0 Å². The van der Waals surface area contributed by atoms with E-state index in [9.17, 15) is 4.79 Å². The molecule has 0 radical (unpaired) electrons. The van der Waals surface area contributed by atoms with Gasteiger partial charge in [0.05, 0.1) is 0 Å². The number of aliphatic hydroxyl groups excluding tert-OH is 1. The zero-order valence-electron chi connectivity index (χ0n) is 9.32. The summed E-state index contributed by atoms with van der Waals surface area (Å²) in [5, 5.41) is 17.5. The molecule has 0 amide bonds. The van der Waals surface area contributed by atoms with E-state index < -0.39 is 12.1 Å². The van der Waals surface area contributed by atoms with Crippen LogP contribution in [0, 0.1) is 5.92 Å². The highest BCUT2D eigenvalue weighted by atomic mass is 16.4. The summed E-state index contributed by atoms with van der Waals surface area (Å²) in [5.41, 5.74) is 0. The Labute approximate surface area is 91.5 Å². The second kappa shape index (κ2) is 6.83. The first kappa shape index (κ1) is 12.5. The first-order valence-corrected chi connectivity index (χ1v) is 6.11. The molecule has 1 atom stereocenters. The number of rotatable bonds is 6. The number of hydrogen-bond acceptors (Lipinski definition) is 2. The maximum atomic E-state index is 10.3. The summed E-state index contributed by atoms with van der Waals surface area (Å²) < 4.78 is 0. The van der Waals surface area contributed by atoms with Gasteiger partial charge in [0.15, 0.2) is 6.10 Å². The molecule has 0 bridgehead atoms. The van der Waals surface area contributed by atoms with Crippen LogP contribution < -0.4 is 0 Å². The molecular formula is C12H22O3. The van der Waals surface area contributed by atoms with E-state index in [1.54, 1.807) is 0 Å². The van der Waals surface area contributed by atoms with E-state index in [4.69, 9.17) is 10.2 Å². The molecule has 1 aliphatic rings. The molecule has 0 spiro atoms. The molecule has 15 heavy (non-hydrogen) atoms. The molecule has 0 aromatic carbocycles. The van der Waals surface area contributed by atoms with E-state index in [0.717, 1.165) is 18.8 Å². The number of carboxylic acids is 1. The van der Waals surface area contributed by atoms with Crippen LogP contribution in [0.1, 0.15) is 57.8 Å². The van der Waals surface area contributed by atoms with Gasteiger partial charge in [-0.25, -0.2) is 4.79 Å². The summed E-state index contributed by atoms with van der Waals surface area (Å²) in [4.78, 5) is 10.3. The van der Waals surface area contributed by atoms with Gasteiger partial charge in [0.1, 0.15) is 0 Å². The summed E-state index contributed by atoms with van der Waals surface area (Å²) in [6, 6.07) is 0. The Morgan fingerprint density at radius 3 is 2.47 bits per heavy atom. The molecule has 1 rings (SSSR count). The second-order valence-corrected chi connectivity index (χ2v) is 4.64. The molecule has 2 N–H and O–H groups in total. The maximum absolute atomic E-state index is 10.3. The van der Waals surface area contributed by atoms with Gasteiger partial charge in [0.2, 0.25) is 0 Å². The van der Waals surface area contributed by atoms with E-state index in [1.807, 2.05) is 0 Å². The van der Waals surface area contributed by atoms with Crippen LogP contribution in [-0.4, -0.2) is 22.3 Å². The molecule has 0 aliphatic heterocycles. The minimum absolute atomic E-state index is 0.405. The number of carboxylic acid groups (broad SMARTS) is 1. The number of aliphatic hydroxyl groups is 1. The van der Waals surface area contributed by atoms with Crippen LogP contribution in [0.2, 0.25) is 0 Å². The fraction of sp³-hybridized carbons (Fsp3) is 0.917. The van der Waals surface area contributed by atoms with Crippen LogP contribution >= 0.6 is 0 Å². The van der Waals surface area contributed by atoms with E-state index in [-0.39, 0.29) is 0 Å². The van der Waals surface area contributed by atoms with E-state index in [2.05, 4.69) is 0 Å². The van der Waals surface area contributed by atoms with Crippen molar-refractivity contribution in [3.8, 4) is 0 Å². The molecule has 1 saturated carbocycles. The quantitative estimate of drug-likeness (QED) is 0.668. The van der Waals surface area contributed by atoms with Crippen LogP contribution in [0.15, 0.2) is 0 Å². The molecule has 0 aromatic rings. The standard InChI is InChI=1S/C12H22O3/c13-11(12(14)15)9-5-4-8-10-6-2-1-3-7-10/h10-11,13H,1-9H2,(H,14,15). The van der Waals surface area contributed by atoms with Crippen molar-refractivity contribution in [3.05, 3.63) is 0 Å². The molecule has 0 heterocycles. The van der Waals surface area contributed by atoms with Gasteiger partial charge in [0, 0.05) is 0 Å². The van der Waals surface area contributed by atoms with E-state index >= 15 is 0 Å². The van der Waals surface area contributed by atoms with Gasteiger partial charge < -0.3 is 10.2 Å².